The summed E-state index contributed by atoms with van der Waals surface area (Å²) in [4.78, 5) is 35.7. The highest BCUT2D eigenvalue weighted by atomic mass is 32.5. The molecule has 2 aliphatic rings. The van der Waals surface area contributed by atoms with Gasteiger partial charge in [-0.1, -0.05) is 0 Å². The van der Waals surface area contributed by atoms with E-state index in [0.717, 1.165) is 0 Å². The first-order valence-electron chi connectivity index (χ1n) is 11.9. The Balaban J connectivity index is 1.24. The molecule has 1 unspecified atom stereocenters. The first-order chi connectivity index (χ1) is 19.1. The molecule has 2 saturated heterocycles. The second-order valence-electron chi connectivity index (χ2n) is 9.30. The maximum atomic E-state index is 11.4. The number of hydrogen-bond donors (Lipinski definition) is 7. The second-order valence-corrected chi connectivity index (χ2v) is 12.9. The Morgan fingerprint density at radius 2 is 1.38 bits per heavy atom. The van der Waals surface area contributed by atoms with E-state index in [0.29, 0.717) is 0 Å². The number of anilines is 2. The van der Waals surface area contributed by atoms with E-state index in [4.69, 9.17) is 37.3 Å². The molecule has 2 fully saturated rings. The fourth-order valence-corrected chi connectivity index (χ4v) is 7.46. The first kappa shape index (κ1) is 27.2. The lowest BCUT2D eigenvalue weighted by Gasteiger charge is -2.30. The molecule has 0 aromatic carbocycles. The number of nitrogens with zero attached hydrogens (tertiary/aromatic N) is 8. The molecule has 214 valence electrons. The van der Waals surface area contributed by atoms with Crippen LogP contribution in [0.2, 0.25) is 0 Å². The van der Waals surface area contributed by atoms with E-state index >= 15 is 0 Å². The van der Waals surface area contributed by atoms with Crippen molar-refractivity contribution in [2.24, 2.45) is 0 Å². The predicted octanol–water partition coefficient (Wildman–Crippen LogP) is -2.61. The number of nitrogen functional groups attached to an aromatic ring is 2. The van der Waals surface area contributed by atoms with Gasteiger partial charge in [-0.05, 0) is 11.8 Å². The molecule has 2 aliphatic heterocycles. The van der Waals surface area contributed by atoms with Crippen LogP contribution >= 0.6 is 6.49 Å². The van der Waals surface area contributed by atoms with Gasteiger partial charge in [0.15, 0.2) is 41.9 Å². The second kappa shape index (κ2) is 10.1. The summed E-state index contributed by atoms with van der Waals surface area (Å²) in [6, 6.07) is 0. The summed E-state index contributed by atoms with van der Waals surface area (Å²) >= 11 is 5.46. The van der Waals surface area contributed by atoms with Crippen molar-refractivity contribution in [2.75, 3.05) is 24.7 Å². The number of aromatic nitrogens is 8. The molecule has 20 heteroatoms. The van der Waals surface area contributed by atoms with Crippen molar-refractivity contribution in [3.63, 3.8) is 0 Å². The van der Waals surface area contributed by atoms with Crippen molar-refractivity contribution >= 4 is 52.3 Å². The van der Waals surface area contributed by atoms with Gasteiger partial charge in [-0.3, -0.25) is 9.13 Å². The Morgan fingerprint density at radius 3 is 1.95 bits per heavy atom. The maximum Gasteiger partial charge on any atom is 0.196 e. The van der Waals surface area contributed by atoms with Gasteiger partial charge in [0.2, 0.25) is 0 Å². The highest BCUT2D eigenvalue weighted by Crippen LogP contribution is 2.58. The van der Waals surface area contributed by atoms with E-state index in [1.54, 1.807) is 0 Å². The lowest BCUT2D eigenvalue weighted by atomic mass is 10.1. The number of nitrogens with two attached hydrogens (primary N) is 2. The maximum absolute atomic E-state index is 11.4. The molecule has 0 amide bonds. The molecule has 0 spiro atoms. The number of aliphatic hydroxyl groups is 4. The van der Waals surface area contributed by atoms with Crippen LogP contribution in [0, 0.1) is 0 Å². The molecule has 6 heterocycles. The van der Waals surface area contributed by atoms with Crippen LogP contribution in [0.5, 0.6) is 0 Å². The average Bonchev–Trinajstić information content (AvgIpc) is 3.68. The Morgan fingerprint density at radius 1 is 0.825 bits per heavy atom. The van der Waals surface area contributed by atoms with E-state index in [9.17, 15) is 25.3 Å². The molecule has 4 aromatic rings. The molecule has 0 saturated carbocycles. The Kier molecular flexibility index (Phi) is 6.90. The molecule has 0 aliphatic carbocycles. The highest BCUT2D eigenvalue weighted by Gasteiger charge is 2.53. The first-order valence-corrected chi connectivity index (χ1v) is 14.7. The third-order valence-corrected chi connectivity index (χ3v) is 9.86. The molecule has 9 atom stereocenters. The van der Waals surface area contributed by atoms with Crippen molar-refractivity contribution in [3.05, 3.63) is 25.3 Å². The van der Waals surface area contributed by atoms with Crippen LogP contribution in [-0.2, 0) is 25.8 Å². The van der Waals surface area contributed by atoms with Gasteiger partial charge in [0.25, 0.3) is 0 Å². The molecule has 6 rings (SSSR count). The van der Waals surface area contributed by atoms with Crippen molar-refractivity contribution in [1.29, 1.82) is 0 Å². The van der Waals surface area contributed by atoms with Crippen LogP contribution < -0.4 is 11.5 Å². The molecular formula is C20H25N10O8PS. The number of imidazole rings is 2. The Bertz CT molecular complexity index is 1610. The van der Waals surface area contributed by atoms with Gasteiger partial charge in [-0.15, -0.1) is 0 Å². The number of hydrogen-bond acceptors (Lipinski definition) is 16. The Labute approximate surface area is 229 Å². The normalized spacial score (nSPS) is 32.2. The summed E-state index contributed by atoms with van der Waals surface area (Å²) in [5.41, 5.74) is 11.5. The molecular weight excluding hydrogens is 571 g/mol. The summed E-state index contributed by atoms with van der Waals surface area (Å²) in [5, 5.41) is 42.1. The van der Waals surface area contributed by atoms with Crippen LogP contribution in [-0.4, -0.2) is 114 Å². The standard InChI is InChI=1S/C20H25N10O8PS/c21-15-9-17(25-3-23-15)29(5-27-9)19-13(34)11(32)8(38-19)2-36-39(35,40)14-12(33)7(1-31)37-20(14)30-6-28-10-16(22)24-4-26-18(10)30/h3-8,11-14,19-20,31-34H,1-2H2,(H,35,40)(H2,21,23,25)(H2,22,24,26)/t7-,8-,11-,12-,13-,14-,19-,20-,39?/m1/s1. The monoisotopic (exact) mass is 596 g/mol. The lowest BCUT2D eigenvalue weighted by Crippen LogP contribution is -2.36. The van der Waals surface area contributed by atoms with Crippen LogP contribution in [0.25, 0.3) is 22.3 Å². The van der Waals surface area contributed by atoms with Crippen molar-refractivity contribution in [1.82, 2.24) is 39.0 Å². The summed E-state index contributed by atoms with van der Waals surface area (Å²) in [5.74, 6) is 0.239. The van der Waals surface area contributed by atoms with E-state index < -0.39 is 68.3 Å². The van der Waals surface area contributed by atoms with Gasteiger partial charge >= 0.3 is 0 Å². The average molecular weight is 597 g/mol. The van der Waals surface area contributed by atoms with Gasteiger partial charge < -0.3 is 50.8 Å². The number of rotatable bonds is 7. The minimum atomic E-state index is -3.96. The topological polar surface area (TPSA) is 268 Å². The van der Waals surface area contributed by atoms with Crippen LogP contribution in [0.4, 0.5) is 11.6 Å². The minimum absolute atomic E-state index is 0.109. The summed E-state index contributed by atoms with van der Waals surface area (Å²) in [6.45, 7) is -4.99. The molecule has 18 nitrogen and oxygen atoms in total. The fraction of sp³-hybridized carbons (Fsp3) is 0.500. The third-order valence-electron chi connectivity index (χ3n) is 6.98. The van der Waals surface area contributed by atoms with Gasteiger partial charge in [0, 0.05) is 0 Å². The zero-order chi connectivity index (χ0) is 28.3. The van der Waals surface area contributed by atoms with Crippen LogP contribution in [0.1, 0.15) is 12.5 Å². The minimum Gasteiger partial charge on any atom is -0.394 e. The Hall–Kier alpha value is -2.97. The van der Waals surface area contributed by atoms with E-state index in [1.807, 2.05) is 0 Å². The van der Waals surface area contributed by atoms with Crippen molar-refractivity contribution in [2.45, 2.75) is 48.6 Å². The van der Waals surface area contributed by atoms with Crippen LogP contribution in [0.3, 0.4) is 0 Å². The summed E-state index contributed by atoms with van der Waals surface area (Å²) in [6.07, 6.45) is -3.68. The van der Waals surface area contributed by atoms with Crippen LogP contribution in [0.15, 0.2) is 25.3 Å². The summed E-state index contributed by atoms with van der Waals surface area (Å²) < 4.78 is 20.2. The molecule has 0 radical (unpaired) electrons. The number of aliphatic hydroxyl groups excluding tert-OH is 4. The number of ether oxygens (including phenoxy) is 2. The smallest absolute Gasteiger partial charge is 0.196 e. The van der Waals surface area contributed by atoms with E-state index in [2.05, 4.69) is 29.9 Å². The quantitative estimate of drug-likeness (QED) is 0.108. The van der Waals surface area contributed by atoms with Gasteiger partial charge in [-0.2, -0.15) is 0 Å². The van der Waals surface area contributed by atoms with E-state index in [-0.39, 0.29) is 34.0 Å². The third kappa shape index (κ3) is 4.31. The molecule has 9 N–H and O–H groups in total. The lowest BCUT2D eigenvalue weighted by molar-refractivity contribution is -0.0483. The fourth-order valence-electron chi connectivity index (χ4n) is 4.94. The predicted molar refractivity (Wildman–Crippen MR) is 139 cm³/mol. The van der Waals surface area contributed by atoms with Gasteiger partial charge in [0.1, 0.15) is 53.8 Å². The molecule has 0 bridgehead atoms. The van der Waals surface area contributed by atoms with E-state index in [1.165, 1.54) is 34.4 Å². The molecule has 40 heavy (non-hydrogen) atoms. The summed E-state index contributed by atoms with van der Waals surface area (Å²) in [7, 11) is 0. The van der Waals surface area contributed by atoms with Gasteiger partial charge in [0.05, 0.1) is 32.0 Å². The zero-order valence-corrected chi connectivity index (χ0v) is 22.1. The molecule has 4 aromatic heterocycles. The SMILES string of the molecule is Nc1ncnc2c1ncn2[C@@H]1O[C@H](COP(O)(=S)[C@@H]2[C@H](O)[C@@H](CO)O[C@H]2n2cnc3c(N)ncnc32)[C@@H](O)[C@H]1O. The largest absolute Gasteiger partial charge is 0.394 e. The van der Waals surface area contributed by atoms with Gasteiger partial charge in [-0.25, -0.2) is 29.9 Å². The number of fused-ring (bicyclic) bond motifs is 2. The zero-order valence-electron chi connectivity index (χ0n) is 20.4. The van der Waals surface area contributed by atoms with Crippen molar-refractivity contribution < 1.29 is 39.3 Å². The van der Waals surface area contributed by atoms with Crippen molar-refractivity contribution in [3.8, 4) is 0 Å². The highest BCUT2D eigenvalue weighted by molar-refractivity contribution is 8.09.